The quantitative estimate of drug-likeness (QED) is 0.361. The van der Waals surface area contributed by atoms with Crippen LogP contribution in [0, 0.1) is 11.8 Å². The van der Waals surface area contributed by atoms with Gasteiger partial charge in [0.15, 0.2) is 0 Å². The Labute approximate surface area is 215 Å². The molecule has 6 rings (SSSR count). The first-order valence-electron chi connectivity index (χ1n) is 12.1. The fourth-order valence-electron chi connectivity index (χ4n) is 5.82. The van der Waals surface area contributed by atoms with E-state index in [9.17, 15) is 32.3 Å². The van der Waals surface area contributed by atoms with Crippen LogP contribution in [-0.2, 0) is 26.9 Å². The summed E-state index contributed by atoms with van der Waals surface area (Å²) in [7, 11) is 0. The molecule has 9 heteroatoms. The van der Waals surface area contributed by atoms with Crippen molar-refractivity contribution < 1.29 is 37.1 Å². The highest BCUT2D eigenvalue weighted by Crippen LogP contribution is 2.57. The number of Topliss-reactive ketones (excluding diaryl/α,β-unsaturated/α-hetero) is 2. The zero-order valence-electron chi connectivity index (χ0n) is 20.0. The SMILES string of the molecule is CCc1ccc([C@H]2OC3(C(=O)c4ccccc4C3=O)[C@@H]3C(=O)N(c4ccc(C(F)(F)F)cc4)C(=O)[C@@H]23)cc1. The van der Waals surface area contributed by atoms with Gasteiger partial charge in [0.25, 0.3) is 0 Å². The molecule has 0 bridgehead atoms. The third kappa shape index (κ3) is 3.18. The van der Waals surface area contributed by atoms with E-state index < -0.39 is 58.7 Å². The van der Waals surface area contributed by atoms with Crippen molar-refractivity contribution in [3.05, 3.63) is 101 Å². The highest BCUT2D eigenvalue weighted by Gasteiger charge is 2.74. The number of imide groups is 1. The molecule has 3 aromatic rings. The van der Waals surface area contributed by atoms with E-state index >= 15 is 0 Å². The number of anilines is 1. The summed E-state index contributed by atoms with van der Waals surface area (Å²) < 4.78 is 45.5. The maximum absolute atomic E-state index is 13.9. The van der Waals surface area contributed by atoms with E-state index in [4.69, 9.17) is 4.74 Å². The zero-order valence-corrected chi connectivity index (χ0v) is 20.0. The third-order valence-corrected chi connectivity index (χ3v) is 7.69. The number of carbonyl (C=O) groups excluding carboxylic acids is 4. The molecule has 3 aromatic carbocycles. The number of carbonyl (C=O) groups is 4. The van der Waals surface area contributed by atoms with Gasteiger partial charge in [-0.1, -0.05) is 55.5 Å². The van der Waals surface area contributed by atoms with Crippen molar-refractivity contribution in [1.82, 2.24) is 0 Å². The summed E-state index contributed by atoms with van der Waals surface area (Å²) in [5.41, 5.74) is -1.52. The number of halogens is 3. The Balaban J connectivity index is 1.49. The van der Waals surface area contributed by atoms with Gasteiger partial charge in [-0.2, -0.15) is 13.2 Å². The molecule has 2 fully saturated rings. The maximum atomic E-state index is 13.9. The third-order valence-electron chi connectivity index (χ3n) is 7.69. The number of ether oxygens (including phenoxy) is 1. The molecule has 38 heavy (non-hydrogen) atoms. The van der Waals surface area contributed by atoms with E-state index in [0.29, 0.717) is 5.56 Å². The van der Waals surface area contributed by atoms with Crippen LogP contribution in [0.3, 0.4) is 0 Å². The van der Waals surface area contributed by atoms with Crippen molar-refractivity contribution in [2.45, 2.75) is 31.2 Å². The summed E-state index contributed by atoms with van der Waals surface area (Å²) in [6.07, 6.45) is -4.94. The van der Waals surface area contributed by atoms with Crippen LogP contribution in [0.2, 0.25) is 0 Å². The second-order valence-corrected chi connectivity index (χ2v) is 9.63. The fraction of sp³-hybridized carbons (Fsp3) is 0.241. The Hall–Kier alpha value is -4.11. The Morgan fingerprint density at radius 2 is 1.39 bits per heavy atom. The molecule has 1 aliphatic carbocycles. The second-order valence-electron chi connectivity index (χ2n) is 9.63. The van der Waals surface area contributed by atoms with Crippen LogP contribution in [-0.4, -0.2) is 29.0 Å². The number of alkyl halides is 3. The lowest BCUT2D eigenvalue weighted by molar-refractivity contribution is -0.137. The minimum atomic E-state index is -4.60. The first kappa shape index (κ1) is 24.2. The molecule has 1 spiro atoms. The molecule has 2 saturated heterocycles. The molecule has 0 aromatic heterocycles. The van der Waals surface area contributed by atoms with Gasteiger partial charge in [-0.3, -0.25) is 19.2 Å². The van der Waals surface area contributed by atoms with Gasteiger partial charge in [0, 0.05) is 11.1 Å². The zero-order chi connectivity index (χ0) is 27.0. The molecular formula is C29H20F3NO5. The summed E-state index contributed by atoms with van der Waals surface area (Å²) in [5.74, 6) is -5.69. The molecule has 2 heterocycles. The molecule has 0 radical (unpaired) electrons. The van der Waals surface area contributed by atoms with Crippen LogP contribution >= 0.6 is 0 Å². The van der Waals surface area contributed by atoms with Crippen LogP contribution in [0.25, 0.3) is 0 Å². The van der Waals surface area contributed by atoms with E-state index in [1.165, 1.54) is 12.1 Å². The van der Waals surface area contributed by atoms with E-state index in [2.05, 4.69) is 0 Å². The summed E-state index contributed by atoms with van der Waals surface area (Å²) in [6, 6.07) is 16.9. The number of aryl methyl sites for hydroxylation is 1. The topological polar surface area (TPSA) is 80.8 Å². The van der Waals surface area contributed by atoms with Crippen molar-refractivity contribution in [1.29, 1.82) is 0 Å². The minimum absolute atomic E-state index is 0.0759. The van der Waals surface area contributed by atoms with Gasteiger partial charge in [-0.15, -0.1) is 0 Å². The molecular weight excluding hydrogens is 499 g/mol. The average Bonchev–Trinajstić information content (AvgIpc) is 3.48. The van der Waals surface area contributed by atoms with Crippen LogP contribution < -0.4 is 4.90 Å². The molecule has 3 atom stereocenters. The van der Waals surface area contributed by atoms with Crippen LogP contribution in [0.15, 0.2) is 72.8 Å². The van der Waals surface area contributed by atoms with Gasteiger partial charge in [0.2, 0.25) is 29.0 Å². The Morgan fingerprint density at radius 3 is 1.92 bits per heavy atom. The molecule has 192 valence electrons. The van der Waals surface area contributed by atoms with Crippen molar-refractivity contribution in [2.24, 2.45) is 11.8 Å². The molecule has 6 nitrogen and oxygen atoms in total. The van der Waals surface area contributed by atoms with Gasteiger partial charge in [0.05, 0.1) is 29.2 Å². The van der Waals surface area contributed by atoms with Gasteiger partial charge in [-0.25, -0.2) is 4.90 Å². The smallest absolute Gasteiger partial charge is 0.349 e. The monoisotopic (exact) mass is 519 g/mol. The van der Waals surface area contributed by atoms with Crippen molar-refractivity contribution in [2.75, 3.05) is 4.90 Å². The number of nitrogens with zero attached hydrogens (tertiary/aromatic N) is 1. The Morgan fingerprint density at radius 1 is 0.816 bits per heavy atom. The van der Waals surface area contributed by atoms with Crippen LogP contribution in [0.5, 0.6) is 0 Å². The number of rotatable bonds is 3. The molecule has 0 saturated carbocycles. The fourth-order valence-corrected chi connectivity index (χ4v) is 5.82. The summed E-state index contributed by atoms with van der Waals surface area (Å²) in [4.78, 5) is 55.9. The largest absolute Gasteiger partial charge is 0.416 e. The predicted octanol–water partition coefficient (Wildman–Crippen LogP) is 4.96. The summed E-state index contributed by atoms with van der Waals surface area (Å²) >= 11 is 0. The number of amides is 2. The number of hydrogen-bond donors (Lipinski definition) is 0. The van der Waals surface area contributed by atoms with E-state index in [1.54, 1.807) is 24.3 Å². The van der Waals surface area contributed by atoms with Crippen LogP contribution in [0.1, 0.15) is 50.4 Å². The van der Waals surface area contributed by atoms with Crippen molar-refractivity contribution in [3.8, 4) is 0 Å². The van der Waals surface area contributed by atoms with Crippen LogP contribution in [0.4, 0.5) is 18.9 Å². The first-order valence-corrected chi connectivity index (χ1v) is 12.1. The lowest BCUT2D eigenvalue weighted by Gasteiger charge is -2.27. The van der Waals surface area contributed by atoms with Gasteiger partial charge >= 0.3 is 6.18 Å². The average molecular weight is 519 g/mol. The maximum Gasteiger partial charge on any atom is 0.416 e. The number of ketones is 2. The summed E-state index contributed by atoms with van der Waals surface area (Å²) in [5, 5.41) is 0. The second kappa shape index (κ2) is 8.19. The van der Waals surface area contributed by atoms with E-state index in [0.717, 1.165) is 41.1 Å². The molecule has 0 N–H and O–H groups in total. The normalized spacial score (nSPS) is 23.9. The van der Waals surface area contributed by atoms with E-state index in [-0.39, 0.29) is 16.8 Å². The van der Waals surface area contributed by atoms with Crippen molar-refractivity contribution in [3.63, 3.8) is 0 Å². The Bertz CT molecular complexity index is 1480. The van der Waals surface area contributed by atoms with Crippen molar-refractivity contribution >= 4 is 29.1 Å². The number of fused-ring (bicyclic) bond motifs is 3. The predicted molar refractivity (Wildman–Crippen MR) is 128 cm³/mol. The highest BCUT2D eigenvalue weighted by atomic mass is 19.4. The lowest BCUT2D eigenvalue weighted by Crippen LogP contribution is -2.51. The molecule has 2 amide bonds. The minimum Gasteiger partial charge on any atom is -0.349 e. The van der Waals surface area contributed by atoms with Gasteiger partial charge in [0.1, 0.15) is 0 Å². The number of benzene rings is 3. The Kier molecular flexibility index (Phi) is 5.23. The van der Waals surface area contributed by atoms with Gasteiger partial charge in [-0.05, 0) is 41.8 Å². The molecule has 3 aliphatic rings. The van der Waals surface area contributed by atoms with E-state index in [1.807, 2.05) is 19.1 Å². The molecule has 0 unspecified atom stereocenters. The highest BCUT2D eigenvalue weighted by molar-refractivity contribution is 6.37. The molecule has 2 aliphatic heterocycles. The first-order chi connectivity index (χ1) is 18.1. The van der Waals surface area contributed by atoms with Gasteiger partial charge < -0.3 is 4.74 Å². The number of hydrogen-bond acceptors (Lipinski definition) is 5. The standard InChI is InChI=1S/C29H20F3NO5/c1-2-15-7-9-16(10-8-15)23-21-22(28(38-23)24(34)19-5-3-4-6-20(19)25(28)35)27(37)33(26(21)36)18-13-11-17(12-14-18)29(30,31)32/h3-14,21-23H,2H2,1H3/t21-,22+,23-/m1/s1. The summed E-state index contributed by atoms with van der Waals surface area (Å²) in [6.45, 7) is 1.97. The lowest BCUT2D eigenvalue weighted by atomic mass is 9.77.